The van der Waals surface area contributed by atoms with Gasteiger partial charge in [0.25, 0.3) is 5.91 Å². The van der Waals surface area contributed by atoms with Crippen LogP contribution in [0.2, 0.25) is 0 Å². The van der Waals surface area contributed by atoms with Gasteiger partial charge in [0, 0.05) is 31.9 Å². The standard InChI is InChI=1S/C17H19N3O2/c21-17(16-11-13-5-1-2-7-15(13)22-16)19-9-3-6-14(12-19)20-10-4-8-18-20/h1-2,4-5,7-8,10,14,16H,3,6,9,11-12H2/t14-,16-/m1/s1. The number of piperidine rings is 1. The molecule has 22 heavy (non-hydrogen) atoms. The van der Waals surface area contributed by atoms with E-state index in [4.69, 9.17) is 4.74 Å². The van der Waals surface area contributed by atoms with Gasteiger partial charge in [-0.15, -0.1) is 0 Å². The molecule has 1 aromatic carbocycles. The Kier molecular flexibility index (Phi) is 3.33. The molecule has 0 radical (unpaired) electrons. The fourth-order valence-corrected chi connectivity index (χ4v) is 3.39. The van der Waals surface area contributed by atoms with Crippen LogP contribution in [-0.2, 0) is 11.2 Å². The summed E-state index contributed by atoms with van der Waals surface area (Å²) in [6.07, 6.45) is 6.15. The van der Waals surface area contributed by atoms with Crippen LogP contribution in [0.1, 0.15) is 24.4 Å². The van der Waals surface area contributed by atoms with Gasteiger partial charge < -0.3 is 9.64 Å². The summed E-state index contributed by atoms with van der Waals surface area (Å²) in [5.74, 6) is 0.953. The first kappa shape index (κ1) is 13.4. The maximum atomic E-state index is 12.8. The quantitative estimate of drug-likeness (QED) is 0.852. The molecule has 0 N–H and O–H groups in total. The smallest absolute Gasteiger partial charge is 0.264 e. The second kappa shape index (κ2) is 5.48. The molecule has 2 aliphatic heterocycles. The lowest BCUT2D eigenvalue weighted by Gasteiger charge is -2.34. The number of rotatable bonds is 2. The van der Waals surface area contributed by atoms with Gasteiger partial charge in [-0.1, -0.05) is 18.2 Å². The predicted octanol–water partition coefficient (Wildman–Crippen LogP) is 2.05. The lowest BCUT2D eigenvalue weighted by atomic mass is 10.0. The van der Waals surface area contributed by atoms with Crippen molar-refractivity contribution in [2.75, 3.05) is 13.1 Å². The molecule has 0 unspecified atom stereocenters. The van der Waals surface area contributed by atoms with Crippen molar-refractivity contribution in [1.29, 1.82) is 0 Å². The van der Waals surface area contributed by atoms with Crippen molar-refractivity contribution >= 4 is 5.91 Å². The van der Waals surface area contributed by atoms with E-state index < -0.39 is 0 Å². The molecular formula is C17H19N3O2. The van der Waals surface area contributed by atoms with Gasteiger partial charge in [0.05, 0.1) is 6.04 Å². The van der Waals surface area contributed by atoms with Crippen molar-refractivity contribution in [3.8, 4) is 5.75 Å². The van der Waals surface area contributed by atoms with E-state index in [1.54, 1.807) is 6.20 Å². The van der Waals surface area contributed by atoms with Crippen LogP contribution in [0.3, 0.4) is 0 Å². The van der Waals surface area contributed by atoms with Gasteiger partial charge in [-0.25, -0.2) is 0 Å². The highest BCUT2D eigenvalue weighted by Gasteiger charge is 2.34. The predicted molar refractivity (Wildman–Crippen MR) is 81.6 cm³/mol. The van der Waals surface area contributed by atoms with Crippen LogP contribution in [0.5, 0.6) is 5.75 Å². The maximum absolute atomic E-state index is 12.8. The Balaban J connectivity index is 1.45. The Bertz CT molecular complexity index is 643. The fourth-order valence-electron chi connectivity index (χ4n) is 3.39. The third kappa shape index (κ3) is 2.36. The zero-order valence-corrected chi connectivity index (χ0v) is 12.4. The van der Waals surface area contributed by atoms with Crippen molar-refractivity contribution in [3.05, 3.63) is 48.3 Å². The van der Waals surface area contributed by atoms with Crippen LogP contribution in [0, 0.1) is 0 Å². The maximum Gasteiger partial charge on any atom is 0.264 e. The number of benzene rings is 1. The third-order valence-corrected chi connectivity index (χ3v) is 4.53. The number of hydrogen-bond acceptors (Lipinski definition) is 3. The van der Waals surface area contributed by atoms with E-state index >= 15 is 0 Å². The molecular weight excluding hydrogens is 278 g/mol. The lowest BCUT2D eigenvalue weighted by molar-refractivity contribution is -0.139. The summed E-state index contributed by atoms with van der Waals surface area (Å²) >= 11 is 0. The van der Waals surface area contributed by atoms with E-state index in [9.17, 15) is 4.79 Å². The van der Waals surface area contributed by atoms with Crippen LogP contribution < -0.4 is 4.74 Å². The second-order valence-electron chi connectivity index (χ2n) is 5.98. The number of fused-ring (bicyclic) bond motifs is 1. The van der Waals surface area contributed by atoms with E-state index in [-0.39, 0.29) is 18.1 Å². The summed E-state index contributed by atoms with van der Waals surface area (Å²) in [5, 5.41) is 4.31. The van der Waals surface area contributed by atoms with Crippen LogP contribution in [0.15, 0.2) is 42.7 Å². The number of nitrogens with zero attached hydrogens (tertiary/aromatic N) is 3. The van der Waals surface area contributed by atoms with Crippen molar-refractivity contribution in [2.24, 2.45) is 0 Å². The van der Waals surface area contributed by atoms with E-state index in [2.05, 4.69) is 5.10 Å². The molecule has 114 valence electrons. The van der Waals surface area contributed by atoms with Crippen molar-refractivity contribution in [3.63, 3.8) is 0 Å². The molecule has 0 spiro atoms. The third-order valence-electron chi connectivity index (χ3n) is 4.53. The van der Waals surface area contributed by atoms with Crippen molar-refractivity contribution in [1.82, 2.24) is 14.7 Å². The zero-order valence-electron chi connectivity index (χ0n) is 12.4. The Morgan fingerprint density at radius 3 is 3.00 bits per heavy atom. The monoisotopic (exact) mass is 297 g/mol. The highest BCUT2D eigenvalue weighted by atomic mass is 16.5. The summed E-state index contributed by atoms with van der Waals surface area (Å²) in [7, 11) is 0. The van der Waals surface area contributed by atoms with E-state index in [0.717, 1.165) is 37.2 Å². The van der Waals surface area contributed by atoms with Gasteiger partial charge in [-0.2, -0.15) is 5.10 Å². The highest BCUT2D eigenvalue weighted by molar-refractivity contribution is 5.82. The molecule has 4 rings (SSSR count). The number of likely N-dealkylation sites (tertiary alicyclic amines) is 1. The molecule has 5 heteroatoms. The van der Waals surface area contributed by atoms with Gasteiger partial charge in [-0.3, -0.25) is 9.48 Å². The van der Waals surface area contributed by atoms with Gasteiger partial charge in [-0.05, 0) is 30.5 Å². The molecule has 1 fully saturated rings. The molecule has 2 atom stereocenters. The van der Waals surface area contributed by atoms with E-state index in [1.165, 1.54) is 0 Å². The highest BCUT2D eigenvalue weighted by Crippen LogP contribution is 2.30. The molecule has 1 amide bonds. The first-order valence-electron chi connectivity index (χ1n) is 7.84. The van der Waals surface area contributed by atoms with Gasteiger partial charge in [0.1, 0.15) is 5.75 Å². The number of aromatic nitrogens is 2. The normalized spacial score (nSPS) is 23.9. The lowest BCUT2D eigenvalue weighted by Crippen LogP contribution is -2.46. The number of para-hydroxylation sites is 1. The minimum Gasteiger partial charge on any atom is -0.480 e. The number of ether oxygens (including phenoxy) is 1. The summed E-state index contributed by atoms with van der Waals surface area (Å²) in [6, 6.07) is 10.1. The average Bonchev–Trinajstić information content (AvgIpc) is 3.23. The molecule has 0 aliphatic carbocycles. The molecule has 1 saturated heterocycles. The summed E-state index contributed by atoms with van der Waals surface area (Å²) < 4.78 is 7.80. The number of amides is 1. The van der Waals surface area contributed by atoms with Gasteiger partial charge in [0.2, 0.25) is 0 Å². The average molecular weight is 297 g/mol. The topological polar surface area (TPSA) is 47.4 Å². The molecule has 2 aromatic rings. The fraction of sp³-hybridized carbons (Fsp3) is 0.412. The van der Waals surface area contributed by atoms with E-state index in [1.807, 2.05) is 46.1 Å². The zero-order chi connectivity index (χ0) is 14.9. The minimum atomic E-state index is -0.367. The molecule has 3 heterocycles. The summed E-state index contributed by atoms with van der Waals surface area (Å²) in [6.45, 7) is 1.53. The van der Waals surface area contributed by atoms with Gasteiger partial charge in [0.15, 0.2) is 6.10 Å². The summed E-state index contributed by atoms with van der Waals surface area (Å²) in [4.78, 5) is 14.7. The summed E-state index contributed by atoms with van der Waals surface area (Å²) in [5.41, 5.74) is 1.13. The first-order chi connectivity index (χ1) is 10.8. The number of carbonyl (C=O) groups excluding carboxylic acids is 1. The number of carbonyl (C=O) groups is 1. The molecule has 0 saturated carbocycles. The Labute approximate surface area is 129 Å². The SMILES string of the molecule is O=C([C@H]1Cc2ccccc2O1)N1CCC[C@@H](n2cccn2)C1. The van der Waals surface area contributed by atoms with Crippen LogP contribution >= 0.6 is 0 Å². The largest absolute Gasteiger partial charge is 0.480 e. The molecule has 5 nitrogen and oxygen atoms in total. The Morgan fingerprint density at radius 2 is 2.18 bits per heavy atom. The van der Waals surface area contributed by atoms with Gasteiger partial charge >= 0.3 is 0 Å². The molecule has 1 aromatic heterocycles. The minimum absolute atomic E-state index is 0.105. The van der Waals surface area contributed by atoms with Crippen molar-refractivity contribution in [2.45, 2.75) is 31.4 Å². The van der Waals surface area contributed by atoms with Crippen LogP contribution in [0.4, 0.5) is 0 Å². The van der Waals surface area contributed by atoms with Crippen molar-refractivity contribution < 1.29 is 9.53 Å². The first-order valence-corrected chi connectivity index (χ1v) is 7.84. The van der Waals surface area contributed by atoms with Crippen LogP contribution in [0.25, 0.3) is 0 Å². The Morgan fingerprint density at radius 1 is 1.27 bits per heavy atom. The Hall–Kier alpha value is -2.30. The second-order valence-corrected chi connectivity index (χ2v) is 5.98. The van der Waals surface area contributed by atoms with Crippen LogP contribution in [-0.4, -0.2) is 39.8 Å². The van der Waals surface area contributed by atoms with E-state index in [0.29, 0.717) is 6.42 Å². The number of hydrogen-bond donors (Lipinski definition) is 0. The molecule has 0 bridgehead atoms. The molecule has 2 aliphatic rings.